The first-order chi connectivity index (χ1) is 8.38. The van der Waals surface area contributed by atoms with E-state index in [9.17, 15) is 14.4 Å². The molecule has 1 unspecified atom stereocenters. The van der Waals surface area contributed by atoms with Crippen LogP contribution >= 0.6 is 0 Å². The van der Waals surface area contributed by atoms with E-state index in [-0.39, 0.29) is 0 Å². The second-order valence-electron chi connectivity index (χ2n) is 3.56. The molecule has 0 saturated heterocycles. The van der Waals surface area contributed by atoms with Crippen LogP contribution in [0.3, 0.4) is 0 Å². The monoisotopic (exact) mass is 255 g/mol. The third-order valence-electron chi connectivity index (χ3n) is 1.97. The number of nitrogens with zero attached hydrogens (tertiary/aromatic N) is 2. The van der Waals surface area contributed by atoms with Gasteiger partial charge in [-0.3, -0.25) is 9.48 Å². The highest BCUT2D eigenvalue weighted by Crippen LogP contribution is 2.03. The van der Waals surface area contributed by atoms with E-state index < -0.39 is 30.4 Å². The van der Waals surface area contributed by atoms with E-state index in [0.29, 0.717) is 5.69 Å². The van der Waals surface area contributed by atoms with E-state index in [1.165, 1.54) is 17.1 Å². The third-order valence-corrected chi connectivity index (χ3v) is 1.97. The molecule has 9 nitrogen and oxygen atoms in total. The van der Waals surface area contributed by atoms with Crippen LogP contribution in [0.25, 0.3) is 0 Å². The maximum atomic E-state index is 11.4. The van der Waals surface area contributed by atoms with Crippen molar-refractivity contribution < 1.29 is 19.5 Å². The molecule has 0 aromatic carbocycles. The smallest absolute Gasteiger partial charge is 0.326 e. The molecule has 0 saturated carbocycles. The fourth-order valence-corrected chi connectivity index (χ4v) is 1.21. The minimum atomic E-state index is -1.36. The average molecular weight is 255 g/mol. The van der Waals surface area contributed by atoms with Gasteiger partial charge < -0.3 is 21.5 Å². The highest BCUT2D eigenvalue weighted by Gasteiger charge is 2.22. The minimum Gasteiger partial charge on any atom is -0.480 e. The number of aryl methyl sites for hydroxylation is 1. The van der Waals surface area contributed by atoms with E-state index in [1.54, 1.807) is 7.05 Å². The molecule has 0 bridgehead atoms. The van der Waals surface area contributed by atoms with Crippen molar-refractivity contribution in [2.45, 2.75) is 12.5 Å². The number of amides is 3. The second kappa shape index (κ2) is 5.66. The maximum absolute atomic E-state index is 11.4. The molecule has 1 rings (SSSR count). The van der Waals surface area contributed by atoms with Crippen LogP contribution in [0.2, 0.25) is 0 Å². The molecule has 1 aromatic heterocycles. The topological polar surface area (TPSA) is 139 Å². The number of carboxylic acid groups (broad SMARTS) is 1. The van der Waals surface area contributed by atoms with Gasteiger partial charge in [0.25, 0.3) is 0 Å². The van der Waals surface area contributed by atoms with Crippen molar-refractivity contribution >= 4 is 23.6 Å². The molecule has 0 radical (unpaired) electrons. The van der Waals surface area contributed by atoms with Gasteiger partial charge in [0.1, 0.15) is 6.04 Å². The van der Waals surface area contributed by atoms with Gasteiger partial charge in [-0.2, -0.15) is 5.10 Å². The molecule has 9 heteroatoms. The Hall–Kier alpha value is -2.58. The van der Waals surface area contributed by atoms with Crippen LogP contribution in [0, 0.1) is 0 Å². The van der Waals surface area contributed by atoms with Crippen molar-refractivity contribution in [3.05, 3.63) is 12.4 Å². The van der Waals surface area contributed by atoms with Crippen LogP contribution in [0.5, 0.6) is 0 Å². The van der Waals surface area contributed by atoms with E-state index in [1.807, 2.05) is 0 Å². The number of rotatable bonds is 5. The fraction of sp³-hybridized carbons (Fsp3) is 0.333. The number of carboxylic acids is 1. The number of anilines is 1. The highest BCUT2D eigenvalue weighted by atomic mass is 16.4. The van der Waals surface area contributed by atoms with Crippen LogP contribution in [0.15, 0.2) is 12.4 Å². The predicted molar refractivity (Wildman–Crippen MR) is 60.6 cm³/mol. The molecule has 18 heavy (non-hydrogen) atoms. The number of aromatic nitrogens is 2. The Labute approximate surface area is 102 Å². The third kappa shape index (κ3) is 4.12. The molecular weight excluding hydrogens is 242 g/mol. The highest BCUT2D eigenvalue weighted by molar-refractivity contribution is 5.93. The van der Waals surface area contributed by atoms with Crippen LogP contribution in [0.4, 0.5) is 10.5 Å². The second-order valence-corrected chi connectivity index (χ2v) is 3.56. The Morgan fingerprint density at radius 1 is 1.56 bits per heavy atom. The van der Waals surface area contributed by atoms with E-state index in [2.05, 4.69) is 15.7 Å². The molecule has 0 aliphatic rings. The van der Waals surface area contributed by atoms with Crippen LogP contribution in [0.1, 0.15) is 6.42 Å². The lowest BCUT2D eigenvalue weighted by Crippen LogP contribution is -2.45. The average Bonchev–Trinajstić information content (AvgIpc) is 2.62. The van der Waals surface area contributed by atoms with Gasteiger partial charge >= 0.3 is 12.0 Å². The number of carbonyl (C=O) groups excluding carboxylic acids is 2. The van der Waals surface area contributed by atoms with E-state index in [4.69, 9.17) is 10.8 Å². The number of urea groups is 1. The lowest BCUT2D eigenvalue weighted by molar-refractivity contribution is -0.140. The number of nitrogens with two attached hydrogens (primary N) is 1. The van der Waals surface area contributed by atoms with E-state index in [0.717, 1.165) is 0 Å². The van der Waals surface area contributed by atoms with Crippen molar-refractivity contribution in [3.8, 4) is 0 Å². The first kappa shape index (κ1) is 13.5. The summed E-state index contributed by atoms with van der Waals surface area (Å²) < 4.78 is 1.47. The Morgan fingerprint density at radius 2 is 2.22 bits per heavy atom. The van der Waals surface area contributed by atoms with Gasteiger partial charge in [0, 0.05) is 13.2 Å². The summed E-state index contributed by atoms with van der Waals surface area (Å²) in [7, 11) is 1.66. The van der Waals surface area contributed by atoms with Gasteiger partial charge in [-0.1, -0.05) is 0 Å². The maximum Gasteiger partial charge on any atom is 0.326 e. The van der Waals surface area contributed by atoms with Gasteiger partial charge in [-0.15, -0.1) is 0 Å². The minimum absolute atomic E-state index is 0.401. The van der Waals surface area contributed by atoms with E-state index >= 15 is 0 Å². The fourth-order valence-electron chi connectivity index (χ4n) is 1.21. The zero-order valence-electron chi connectivity index (χ0n) is 9.58. The molecule has 5 N–H and O–H groups in total. The zero-order chi connectivity index (χ0) is 13.7. The number of aliphatic carboxylic acids is 1. The summed E-state index contributed by atoms with van der Waals surface area (Å²) in [5, 5.41) is 17.1. The Bertz CT molecular complexity index is 469. The molecule has 1 heterocycles. The lowest BCUT2D eigenvalue weighted by atomic mass is 10.2. The molecule has 98 valence electrons. The van der Waals surface area contributed by atoms with Crippen LogP contribution in [-0.2, 0) is 16.6 Å². The van der Waals surface area contributed by atoms with Crippen molar-refractivity contribution in [2.75, 3.05) is 5.32 Å². The van der Waals surface area contributed by atoms with Gasteiger partial charge in [0.05, 0.1) is 18.3 Å². The lowest BCUT2D eigenvalue weighted by Gasteiger charge is -2.12. The summed E-state index contributed by atoms with van der Waals surface area (Å²) in [6, 6.07) is -2.11. The van der Waals surface area contributed by atoms with Crippen molar-refractivity contribution in [1.82, 2.24) is 15.1 Å². The summed E-state index contributed by atoms with van der Waals surface area (Å²) >= 11 is 0. The van der Waals surface area contributed by atoms with Gasteiger partial charge in [0.15, 0.2) is 0 Å². The Kier molecular flexibility index (Phi) is 4.24. The summed E-state index contributed by atoms with van der Waals surface area (Å²) in [6.45, 7) is 0. The number of hydrogen-bond acceptors (Lipinski definition) is 4. The summed E-state index contributed by atoms with van der Waals surface area (Å²) in [4.78, 5) is 32.8. The van der Waals surface area contributed by atoms with Crippen LogP contribution in [-0.4, -0.2) is 38.8 Å². The summed E-state index contributed by atoms with van der Waals surface area (Å²) in [5.74, 6) is -2.15. The quantitative estimate of drug-likeness (QED) is 0.527. The first-order valence-corrected chi connectivity index (χ1v) is 4.95. The summed E-state index contributed by atoms with van der Waals surface area (Å²) in [6.07, 6.45) is 2.45. The number of hydrogen-bond donors (Lipinski definition) is 4. The summed E-state index contributed by atoms with van der Waals surface area (Å²) in [5.41, 5.74) is 5.28. The Morgan fingerprint density at radius 3 is 2.67 bits per heavy atom. The molecule has 0 spiro atoms. The predicted octanol–water partition coefficient (Wildman–Crippen LogP) is -1.13. The SMILES string of the molecule is Cn1cc(NC(=O)NC(CC(N)=O)C(=O)O)cn1. The number of nitrogens with one attached hydrogen (secondary N) is 2. The molecule has 0 aliphatic heterocycles. The molecule has 0 aliphatic carbocycles. The zero-order valence-corrected chi connectivity index (χ0v) is 9.58. The van der Waals surface area contributed by atoms with Crippen molar-refractivity contribution in [1.29, 1.82) is 0 Å². The molecule has 3 amide bonds. The largest absolute Gasteiger partial charge is 0.480 e. The number of primary amides is 1. The normalized spacial score (nSPS) is 11.6. The standard InChI is InChI=1S/C9H13N5O4/c1-14-4-5(3-11-14)12-9(18)13-6(8(16)17)2-7(10)15/h3-4,6H,2H2,1H3,(H2,10,15)(H,16,17)(H2,12,13,18). The van der Waals surface area contributed by atoms with Gasteiger partial charge in [-0.05, 0) is 0 Å². The molecule has 1 aromatic rings. The van der Waals surface area contributed by atoms with Crippen LogP contribution < -0.4 is 16.4 Å². The Balaban J connectivity index is 2.56. The van der Waals surface area contributed by atoms with Gasteiger partial charge in [-0.25, -0.2) is 9.59 Å². The van der Waals surface area contributed by atoms with Crippen molar-refractivity contribution in [3.63, 3.8) is 0 Å². The van der Waals surface area contributed by atoms with Crippen molar-refractivity contribution in [2.24, 2.45) is 12.8 Å². The van der Waals surface area contributed by atoms with Gasteiger partial charge in [0.2, 0.25) is 5.91 Å². The molecule has 1 atom stereocenters. The molecule has 0 fully saturated rings. The number of carbonyl (C=O) groups is 3. The molecular formula is C9H13N5O4. The first-order valence-electron chi connectivity index (χ1n) is 4.95.